The van der Waals surface area contributed by atoms with Crippen LogP contribution < -0.4 is 0 Å². The van der Waals surface area contributed by atoms with Gasteiger partial charge in [0.1, 0.15) is 11.3 Å². The Hall–Kier alpha value is -1.07. The first-order chi connectivity index (χ1) is 9.93. The van der Waals surface area contributed by atoms with Crippen LogP contribution in [-0.2, 0) is 4.74 Å². The summed E-state index contributed by atoms with van der Waals surface area (Å²) < 4.78 is 7.94. The second kappa shape index (κ2) is 5.37. The first-order valence-electron chi connectivity index (χ1n) is 7.42. The number of rotatable bonds is 2. The van der Waals surface area contributed by atoms with E-state index in [4.69, 9.17) is 9.72 Å². The van der Waals surface area contributed by atoms with Gasteiger partial charge < -0.3 is 9.30 Å². The van der Waals surface area contributed by atoms with Gasteiger partial charge in [-0.1, -0.05) is 0 Å². The normalized spacial score (nSPS) is 24.5. The minimum Gasteiger partial charge on any atom is -0.381 e. The lowest BCUT2D eigenvalue weighted by Crippen LogP contribution is -2.22. The molecule has 4 nitrogen and oxygen atoms in total. The number of hydrogen-bond acceptors (Lipinski definition) is 4. The summed E-state index contributed by atoms with van der Waals surface area (Å²) in [6.45, 7) is 1.71. The van der Waals surface area contributed by atoms with Crippen molar-refractivity contribution in [1.82, 2.24) is 14.5 Å². The first-order valence-corrected chi connectivity index (χ1v) is 8.57. The molecule has 4 heterocycles. The molecule has 2 saturated heterocycles. The molecular weight excluding hydrogens is 270 g/mol. The standard InChI is InChI=1S/C15H19N3OS/c1-2-13-15(16-6-1)18(12-3-7-19-8-4-12)14(17-13)11-5-9-20-10-11/h1-2,6,11-12H,3-5,7-10H2. The molecule has 4 rings (SSSR count). The molecule has 20 heavy (non-hydrogen) atoms. The third-order valence-corrected chi connectivity index (χ3v) is 5.49. The molecule has 0 radical (unpaired) electrons. The summed E-state index contributed by atoms with van der Waals surface area (Å²) >= 11 is 2.04. The molecule has 2 aromatic rings. The monoisotopic (exact) mass is 289 g/mol. The number of aromatic nitrogens is 3. The topological polar surface area (TPSA) is 39.9 Å². The van der Waals surface area contributed by atoms with Crippen molar-refractivity contribution in [3.63, 3.8) is 0 Å². The number of pyridine rings is 1. The van der Waals surface area contributed by atoms with E-state index in [1.165, 1.54) is 23.8 Å². The van der Waals surface area contributed by atoms with Gasteiger partial charge in [0.25, 0.3) is 0 Å². The fourth-order valence-corrected chi connectivity index (χ4v) is 4.49. The Morgan fingerprint density at radius 2 is 2.15 bits per heavy atom. The van der Waals surface area contributed by atoms with Crippen LogP contribution in [0.25, 0.3) is 11.2 Å². The van der Waals surface area contributed by atoms with Crippen LogP contribution in [-0.4, -0.2) is 39.3 Å². The molecule has 2 aliphatic rings. The van der Waals surface area contributed by atoms with Crippen molar-refractivity contribution in [3.05, 3.63) is 24.2 Å². The van der Waals surface area contributed by atoms with Crippen LogP contribution in [0, 0.1) is 0 Å². The third-order valence-electron chi connectivity index (χ3n) is 4.33. The average Bonchev–Trinajstić information content (AvgIpc) is 3.15. The number of nitrogens with zero attached hydrogens (tertiary/aromatic N) is 3. The Kier molecular flexibility index (Phi) is 3.40. The molecule has 2 aliphatic heterocycles. The van der Waals surface area contributed by atoms with Crippen molar-refractivity contribution >= 4 is 22.9 Å². The zero-order valence-electron chi connectivity index (χ0n) is 11.5. The number of ether oxygens (including phenoxy) is 1. The maximum atomic E-state index is 5.52. The van der Waals surface area contributed by atoms with Gasteiger partial charge in [-0.15, -0.1) is 0 Å². The fraction of sp³-hybridized carbons (Fsp3) is 0.600. The predicted octanol–water partition coefficient (Wildman–Crippen LogP) is 3.00. The quantitative estimate of drug-likeness (QED) is 0.852. The zero-order chi connectivity index (χ0) is 13.4. The lowest BCUT2D eigenvalue weighted by atomic mass is 10.1. The number of fused-ring (bicyclic) bond motifs is 1. The van der Waals surface area contributed by atoms with E-state index in [-0.39, 0.29) is 0 Å². The highest BCUT2D eigenvalue weighted by molar-refractivity contribution is 7.99. The Morgan fingerprint density at radius 1 is 1.25 bits per heavy atom. The number of imidazole rings is 1. The Bertz CT molecular complexity index is 600. The fourth-order valence-electron chi connectivity index (χ4n) is 3.28. The van der Waals surface area contributed by atoms with E-state index >= 15 is 0 Å². The minimum atomic E-state index is 0.504. The molecule has 2 aromatic heterocycles. The van der Waals surface area contributed by atoms with E-state index in [9.17, 15) is 0 Å². The molecule has 0 saturated carbocycles. The molecule has 5 heteroatoms. The maximum absolute atomic E-state index is 5.52. The number of hydrogen-bond donors (Lipinski definition) is 0. The van der Waals surface area contributed by atoms with Crippen LogP contribution in [0.5, 0.6) is 0 Å². The Balaban J connectivity index is 1.83. The van der Waals surface area contributed by atoms with Crippen molar-refractivity contribution in [2.45, 2.75) is 31.2 Å². The van der Waals surface area contributed by atoms with Crippen LogP contribution in [0.3, 0.4) is 0 Å². The third kappa shape index (κ3) is 2.13. The summed E-state index contributed by atoms with van der Waals surface area (Å²) in [5.74, 6) is 4.31. The van der Waals surface area contributed by atoms with Crippen LogP contribution >= 0.6 is 11.8 Å². The van der Waals surface area contributed by atoms with Gasteiger partial charge in [0.05, 0.1) is 0 Å². The van der Waals surface area contributed by atoms with E-state index in [0.29, 0.717) is 12.0 Å². The van der Waals surface area contributed by atoms with Gasteiger partial charge in [0, 0.05) is 37.1 Å². The molecule has 0 aliphatic carbocycles. The van der Waals surface area contributed by atoms with Crippen LogP contribution in [0.2, 0.25) is 0 Å². The van der Waals surface area contributed by atoms with E-state index in [2.05, 4.69) is 15.6 Å². The largest absolute Gasteiger partial charge is 0.381 e. The smallest absolute Gasteiger partial charge is 0.160 e. The molecular formula is C15H19N3OS. The summed E-state index contributed by atoms with van der Waals surface area (Å²) in [5.41, 5.74) is 2.11. The van der Waals surface area contributed by atoms with Gasteiger partial charge in [0.2, 0.25) is 0 Å². The molecule has 1 unspecified atom stereocenters. The average molecular weight is 289 g/mol. The van der Waals surface area contributed by atoms with Crippen LogP contribution in [0.15, 0.2) is 18.3 Å². The van der Waals surface area contributed by atoms with Crippen molar-refractivity contribution in [3.8, 4) is 0 Å². The number of thioether (sulfide) groups is 1. The zero-order valence-corrected chi connectivity index (χ0v) is 12.3. The van der Waals surface area contributed by atoms with Crippen LogP contribution in [0.4, 0.5) is 0 Å². The Morgan fingerprint density at radius 3 is 2.95 bits per heavy atom. The summed E-state index contributed by atoms with van der Waals surface area (Å²) in [6, 6.07) is 4.57. The summed E-state index contributed by atoms with van der Waals surface area (Å²) in [4.78, 5) is 9.52. The second-order valence-electron chi connectivity index (χ2n) is 5.59. The summed E-state index contributed by atoms with van der Waals surface area (Å²) in [7, 11) is 0. The summed E-state index contributed by atoms with van der Waals surface area (Å²) in [6.07, 6.45) is 5.29. The SMILES string of the molecule is c1cnc2c(c1)nc(C1CCSC1)n2C1CCOCC1. The molecule has 106 valence electrons. The van der Waals surface area contributed by atoms with E-state index in [0.717, 1.165) is 37.2 Å². The van der Waals surface area contributed by atoms with E-state index in [1.54, 1.807) is 0 Å². The highest BCUT2D eigenvalue weighted by atomic mass is 32.2. The lowest BCUT2D eigenvalue weighted by molar-refractivity contribution is 0.0695. The molecule has 1 atom stereocenters. The molecule has 0 aromatic carbocycles. The molecule has 0 bridgehead atoms. The Labute approximate surface area is 122 Å². The van der Waals surface area contributed by atoms with Gasteiger partial charge in [-0.05, 0) is 37.1 Å². The molecule has 0 spiro atoms. The van der Waals surface area contributed by atoms with E-state index in [1.807, 2.05) is 24.0 Å². The minimum absolute atomic E-state index is 0.504. The molecule has 0 amide bonds. The maximum Gasteiger partial charge on any atom is 0.160 e. The summed E-state index contributed by atoms with van der Waals surface area (Å²) in [5, 5.41) is 0. The lowest BCUT2D eigenvalue weighted by Gasteiger charge is -2.26. The van der Waals surface area contributed by atoms with Gasteiger partial charge in [-0.25, -0.2) is 9.97 Å². The molecule has 0 N–H and O–H groups in total. The highest BCUT2D eigenvalue weighted by Gasteiger charge is 2.28. The van der Waals surface area contributed by atoms with Gasteiger partial charge >= 0.3 is 0 Å². The second-order valence-corrected chi connectivity index (χ2v) is 6.74. The van der Waals surface area contributed by atoms with Gasteiger partial charge in [-0.3, -0.25) is 0 Å². The first kappa shape index (κ1) is 12.7. The van der Waals surface area contributed by atoms with Crippen LogP contribution in [0.1, 0.15) is 37.0 Å². The van der Waals surface area contributed by atoms with Crippen molar-refractivity contribution < 1.29 is 4.74 Å². The van der Waals surface area contributed by atoms with Gasteiger partial charge in [0.15, 0.2) is 5.65 Å². The van der Waals surface area contributed by atoms with Crippen molar-refractivity contribution in [1.29, 1.82) is 0 Å². The van der Waals surface area contributed by atoms with Crippen molar-refractivity contribution in [2.75, 3.05) is 24.7 Å². The van der Waals surface area contributed by atoms with Gasteiger partial charge in [-0.2, -0.15) is 11.8 Å². The molecule has 2 fully saturated rings. The highest BCUT2D eigenvalue weighted by Crippen LogP contribution is 2.36. The predicted molar refractivity (Wildman–Crippen MR) is 81.3 cm³/mol. The van der Waals surface area contributed by atoms with E-state index < -0.39 is 0 Å². The van der Waals surface area contributed by atoms with Crippen molar-refractivity contribution in [2.24, 2.45) is 0 Å².